The largest absolute Gasteiger partial charge is 0.458 e. The zero-order chi connectivity index (χ0) is 13.6. The van der Waals surface area contributed by atoms with Crippen LogP contribution in [0.5, 0.6) is 0 Å². The summed E-state index contributed by atoms with van der Waals surface area (Å²) in [7, 11) is 0. The molecule has 3 N–H and O–H groups in total. The standard InChI is InChI=1S/C12H24N2O3/c1-6-7-9(13)10(15)14-8(2)11(16)17-12(3,4)5/h8-9H,6-7,13H2,1-5H3,(H,14,15)/t8-,9-/m0/s1. The maximum atomic E-state index is 11.6. The molecule has 0 saturated heterocycles. The highest BCUT2D eigenvalue weighted by molar-refractivity contribution is 5.87. The lowest BCUT2D eigenvalue weighted by Gasteiger charge is -2.23. The fourth-order valence-corrected chi connectivity index (χ4v) is 1.21. The minimum absolute atomic E-state index is 0.315. The van der Waals surface area contributed by atoms with Gasteiger partial charge in [0.15, 0.2) is 0 Å². The lowest BCUT2D eigenvalue weighted by molar-refractivity contribution is -0.158. The van der Waals surface area contributed by atoms with Gasteiger partial charge >= 0.3 is 5.97 Å². The Kier molecular flexibility index (Phi) is 6.16. The second-order valence-corrected chi connectivity index (χ2v) is 5.16. The summed E-state index contributed by atoms with van der Waals surface area (Å²) in [6.07, 6.45) is 1.43. The van der Waals surface area contributed by atoms with Crippen molar-refractivity contribution in [2.75, 3.05) is 0 Å². The van der Waals surface area contributed by atoms with Crippen LogP contribution in [0, 0.1) is 0 Å². The minimum atomic E-state index is -0.676. The summed E-state index contributed by atoms with van der Waals surface area (Å²) in [5.41, 5.74) is 5.09. The average Bonchev–Trinajstić information content (AvgIpc) is 2.15. The molecule has 0 unspecified atom stereocenters. The van der Waals surface area contributed by atoms with Gasteiger partial charge in [-0.1, -0.05) is 13.3 Å². The normalized spacial score (nSPS) is 14.9. The molecule has 2 atom stereocenters. The summed E-state index contributed by atoms with van der Waals surface area (Å²) in [4.78, 5) is 23.2. The SMILES string of the molecule is CCC[C@H](N)C(=O)N[C@@H](C)C(=O)OC(C)(C)C. The van der Waals surface area contributed by atoms with E-state index in [1.165, 1.54) is 0 Å². The molecule has 1 amide bonds. The molecule has 0 aromatic carbocycles. The fraction of sp³-hybridized carbons (Fsp3) is 0.833. The molecular formula is C12H24N2O3. The molecule has 17 heavy (non-hydrogen) atoms. The monoisotopic (exact) mass is 244 g/mol. The summed E-state index contributed by atoms with van der Waals surface area (Å²) in [5.74, 6) is -0.764. The molecule has 5 heteroatoms. The first-order valence-electron chi connectivity index (χ1n) is 5.96. The number of hydrogen-bond donors (Lipinski definition) is 2. The van der Waals surface area contributed by atoms with E-state index in [1.54, 1.807) is 27.7 Å². The molecule has 0 rings (SSSR count). The van der Waals surface area contributed by atoms with Crippen molar-refractivity contribution in [2.24, 2.45) is 5.73 Å². The first-order valence-corrected chi connectivity index (χ1v) is 5.96. The number of rotatable bonds is 5. The van der Waals surface area contributed by atoms with E-state index in [1.807, 2.05) is 6.92 Å². The Balaban J connectivity index is 4.21. The molecule has 0 aliphatic heterocycles. The van der Waals surface area contributed by atoms with E-state index in [0.717, 1.165) is 6.42 Å². The van der Waals surface area contributed by atoms with Crippen LogP contribution in [-0.2, 0) is 14.3 Å². The van der Waals surface area contributed by atoms with Crippen LogP contribution in [0.1, 0.15) is 47.5 Å². The maximum absolute atomic E-state index is 11.6. The van der Waals surface area contributed by atoms with E-state index in [9.17, 15) is 9.59 Å². The van der Waals surface area contributed by atoms with Crippen molar-refractivity contribution in [3.05, 3.63) is 0 Å². The predicted molar refractivity (Wildman–Crippen MR) is 66.3 cm³/mol. The second kappa shape index (κ2) is 6.59. The summed E-state index contributed by atoms with van der Waals surface area (Å²) in [6.45, 7) is 8.88. The molecule has 0 radical (unpaired) electrons. The topological polar surface area (TPSA) is 81.4 Å². The Bertz CT molecular complexity index is 271. The van der Waals surface area contributed by atoms with Crippen LogP contribution in [-0.4, -0.2) is 29.6 Å². The van der Waals surface area contributed by atoms with Gasteiger partial charge in [0.2, 0.25) is 5.91 Å². The van der Waals surface area contributed by atoms with Crippen molar-refractivity contribution in [3.63, 3.8) is 0 Å². The number of nitrogens with one attached hydrogen (secondary N) is 1. The third-order valence-corrected chi connectivity index (χ3v) is 2.06. The summed E-state index contributed by atoms with van der Waals surface area (Å²) < 4.78 is 5.15. The van der Waals surface area contributed by atoms with Crippen LogP contribution >= 0.6 is 0 Å². The molecule has 0 aromatic heterocycles. The van der Waals surface area contributed by atoms with Gasteiger partial charge in [0.05, 0.1) is 6.04 Å². The Morgan fingerprint density at radius 2 is 1.88 bits per heavy atom. The minimum Gasteiger partial charge on any atom is -0.458 e. The number of hydrogen-bond acceptors (Lipinski definition) is 4. The number of esters is 1. The molecule has 0 aromatic rings. The summed E-state index contributed by atoms with van der Waals surface area (Å²) in [5, 5.41) is 2.55. The van der Waals surface area contributed by atoms with E-state index >= 15 is 0 Å². The molecule has 100 valence electrons. The lowest BCUT2D eigenvalue weighted by Crippen LogP contribution is -2.48. The second-order valence-electron chi connectivity index (χ2n) is 5.16. The Morgan fingerprint density at radius 1 is 1.35 bits per heavy atom. The van der Waals surface area contributed by atoms with Crippen LogP contribution in [0.15, 0.2) is 0 Å². The molecule has 0 aliphatic rings. The van der Waals surface area contributed by atoms with E-state index in [4.69, 9.17) is 10.5 Å². The quantitative estimate of drug-likeness (QED) is 0.706. The van der Waals surface area contributed by atoms with E-state index in [0.29, 0.717) is 6.42 Å². The smallest absolute Gasteiger partial charge is 0.328 e. The number of carbonyl (C=O) groups excluding carboxylic acids is 2. The van der Waals surface area contributed by atoms with Crippen LogP contribution < -0.4 is 11.1 Å². The molecule has 0 aliphatic carbocycles. The average molecular weight is 244 g/mol. The fourth-order valence-electron chi connectivity index (χ4n) is 1.21. The lowest BCUT2D eigenvalue weighted by atomic mass is 10.1. The van der Waals surface area contributed by atoms with E-state index in [-0.39, 0.29) is 5.91 Å². The zero-order valence-corrected chi connectivity index (χ0v) is 11.4. The molecule has 5 nitrogen and oxygen atoms in total. The number of amides is 1. The van der Waals surface area contributed by atoms with Gasteiger partial charge in [0, 0.05) is 0 Å². The van der Waals surface area contributed by atoms with E-state index in [2.05, 4.69) is 5.32 Å². The van der Waals surface area contributed by atoms with Crippen molar-refractivity contribution in [3.8, 4) is 0 Å². The van der Waals surface area contributed by atoms with Gasteiger partial charge in [-0.15, -0.1) is 0 Å². The van der Waals surface area contributed by atoms with Gasteiger partial charge in [0.1, 0.15) is 11.6 Å². The third-order valence-electron chi connectivity index (χ3n) is 2.06. The molecule has 0 fully saturated rings. The molecule has 0 saturated carbocycles. The first-order chi connectivity index (χ1) is 7.67. The predicted octanol–water partition coefficient (Wildman–Crippen LogP) is 0.960. The van der Waals surface area contributed by atoms with Gasteiger partial charge in [-0.05, 0) is 34.1 Å². The molecule has 0 spiro atoms. The van der Waals surface area contributed by atoms with Crippen molar-refractivity contribution in [1.82, 2.24) is 5.32 Å². The molecular weight excluding hydrogens is 220 g/mol. The van der Waals surface area contributed by atoms with Crippen molar-refractivity contribution >= 4 is 11.9 Å². The first kappa shape index (κ1) is 15.9. The van der Waals surface area contributed by atoms with Gasteiger partial charge in [0.25, 0.3) is 0 Å². The van der Waals surface area contributed by atoms with Crippen molar-refractivity contribution in [2.45, 2.75) is 65.1 Å². The molecule has 0 heterocycles. The molecule has 0 bridgehead atoms. The number of nitrogens with two attached hydrogens (primary N) is 1. The van der Waals surface area contributed by atoms with Crippen molar-refractivity contribution in [1.29, 1.82) is 0 Å². The van der Waals surface area contributed by atoms with Crippen molar-refractivity contribution < 1.29 is 14.3 Å². The van der Waals surface area contributed by atoms with Gasteiger partial charge in [-0.25, -0.2) is 4.79 Å². The van der Waals surface area contributed by atoms with Crippen LogP contribution in [0.2, 0.25) is 0 Å². The summed E-state index contributed by atoms with van der Waals surface area (Å²) >= 11 is 0. The number of carbonyl (C=O) groups is 2. The Hall–Kier alpha value is -1.10. The van der Waals surface area contributed by atoms with Gasteiger partial charge < -0.3 is 15.8 Å². The Labute approximate surface area is 103 Å². The van der Waals surface area contributed by atoms with Crippen LogP contribution in [0.25, 0.3) is 0 Å². The highest BCUT2D eigenvalue weighted by Crippen LogP contribution is 2.08. The highest BCUT2D eigenvalue weighted by atomic mass is 16.6. The Morgan fingerprint density at radius 3 is 2.29 bits per heavy atom. The van der Waals surface area contributed by atoms with Crippen LogP contribution in [0.4, 0.5) is 0 Å². The van der Waals surface area contributed by atoms with Gasteiger partial charge in [-0.3, -0.25) is 4.79 Å². The third kappa shape index (κ3) is 6.94. The number of ether oxygens (including phenoxy) is 1. The summed E-state index contributed by atoms with van der Waals surface area (Å²) in [6, 6.07) is -1.24. The highest BCUT2D eigenvalue weighted by Gasteiger charge is 2.24. The zero-order valence-electron chi connectivity index (χ0n) is 11.4. The maximum Gasteiger partial charge on any atom is 0.328 e. The van der Waals surface area contributed by atoms with Crippen LogP contribution in [0.3, 0.4) is 0 Å². The van der Waals surface area contributed by atoms with E-state index < -0.39 is 23.7 Å². The van der Waals surface area contributed by atoms with Gasteiger partial charge in [-0.2, -0.15) is 0 Å².